The number of aromatic nitrogens is 1. The average Bonchev–Trinajstić information content (AvgIpc) is 2.86. The van der Waals surface area contributed by atoms with Crippen molar-refractivity contribution in [3.05, 3.63) is 41.0 Å². The fraction of sp³-hybridized carbons (Fsp3) is 0.250. The number of aliphatic hydroxyl groups excluding tert-OH is 2. The molecule has 0 radical (unpaired) electrons. The van der Waals surface area contributed by atoms with Crippen LogP contribution in [0.15, 0.2) is 29.8 Å². The van der Waals surface area contributed by atoms with E-state index in [1.807, 2.05) is 24.3 Å². The Hall–Kier alpha value is -1.27. The molecule has 0 fully saturated rings. The normalized spacial score (nSPS) is 12.6. The third kappa shape index (κ3) is 2.53. The first-order chi connectivity index (χ1) is 8.26. The van der Waals surface area contributed by atoms with E-state index in [-0.39, 0.29) is 19.3 Å². The first-order valence-corrected chi connectivity index (χ1v) is 6.14. The topological polar surface area (TPSA) is 79.4 Å². The number of nitrogens with two attached hydrogens (primary N) is 1. The minimum atomic E-state index is -0.345. The van der Waals surface area contributed by atoms with Crippen LogP contribution in [0.5, 0.6) is 0 Å². The second-order valence-electron chi connectivity index (χ2n) is 3.70. The molecule has 1 atom stereocenters. The molecule has 0 saturated heterocycles. The number of aliphatic hydroxyl groups is 2. The van der Waals surface area contributed by atoms with Gasteiger partial charge >= 0.3 is 0 Å². The standard InChI is InChI=1S/C12H14N2O2S/c13-10(5-15)8-1-3-9(4-2-8)12-11(6-16)14-7-17-12/h1-4,7,10,15-16H,5-6,13H2/t10-/m0/s1. The Morgan fingerprint density at radius 3 is 2.53 bits per heavy atom. The number of benzene rings is 1. The van der Waals surface area contributed by atoms with Crippen molar-refractivity contribution in [3.8, 4) is 10.4 Å². The molecule has 2 rings (SSSR count). The highest BCUT2D eigenvalue weighted by molar-refractivity contribution is 7.13. The summed E-state index contributed by atoms with van der Waals surface area (Å²) in [6.45, 7) is -0.126. The lowest BCUT2D eigenvalue weighted by molar-refractivity contribution is 0.268. The minimum absolute atomic E-state index is 0.0588. The van der Waals surface area contributed by atoms with Crippen molar-refractivity contribution in [2.45, 2.75) is 12.6 Å². The van der Waals surface area contributed by atoms with Crippen LogP contribution in [-0.4, -0.2) is 21.8 Å². The molecular formula is C12H14N2O2S. The summed E-state index contributed by atoms with van der Waals surface area (Å²) in [6, 6.07) is 7.28. The van der Waals surface area contributed by atoms with E-state index in [0.717, 1.165) is 16.0 Å². The lowest BCUT2D eigenvalue weighted by Gasteiger charge is -2.09. The van der Waals surface area contributed by atoms with E-state index in [2.05, 4.69) is 4.98 Å². The van der Waals surface area contributed by atoms with Gasteiger partial charge in [0, 0.05) is 0 Å². The van der Waals surface area contributed by atoms with Crippen LogP contribution in [0.4, 0.5) is 0 Å². The fourth-order valence-corrected chi connectivity index (χ4v) is 2.41. The van der Waals surface area contributed by atoms with Gasteiger partial charge in [-0.3, -0.25) is 0 Å². The summed E-state index contributed by atoms with van der Waals surface area (Å²) in [5.74, 6) is 0. The molecule has 0 aliphatic rings. The number of hydrogen-bond acceptors (Lipinski definition) is 5. The molecule has 4 N–H and O–H groups in total. The Morgan fingerprint density at radius 2 is 1.94 bits per heavy atom. The molecule has 2 aromatic rings. The Balaban J connectivity index is 2.29. The summed E-state index contributed by atoms with van der Waals surface area (Å²) in [4.78, 5) is 5.06. The molecule has 5 heteroatoms. The molecule has 1 aromatic carbocycles. The van der Waals surface area contributed by atoms with Gasteiger partial charge in [0.05, 0.1) is 35.3 Å². The molecule has 0 aliphatic heterocycles. The van der Waals surface area contributed by atoms with Gasteiger partial charge in [-0.1, -0.05) is 24.3 Å². The summed E-state index contributed by atoms with van der Waals surface area (Å²) in [7, 11) is 0. The third-order valence-corrected chi connectivity index (χ3v) is 3.51. The van der Waals surface area contributed by atoms with Gasteiger partial charge < -0.3 is 15.9 Å². The maximum atomic E-state index is 9.14. The van der Waals surface area contributed by atoms with Crippen LogP contribution in [-0.2, 0) is 6.61 Å². The van der Waals surface area contributed by atoms with Crippen molar-refractivity contribution < 1.29 is 10.2 Å². The number of hydrogen-bond donors (Lipinski definition) is 3. The van der Waals surface area contributed by atoms with E-state index in [9.17, 15) is 0 Å². The molecule has 17 heavy (non-hydrogen) atoms. The van der Waals surface area contributed by atoms with E-state index < -0.39 is 0 Å². The van der Waals surface area contributed by atoms with Crippen LogP contribution in [0.25, 0.3) is 10.4 Å². The van der Waals surface area contributed by atoms with Crippen molar-refractivity contribution in [2.75, 3.05) is 6.61 Å². The van der Waals surface area contributed by atoms with Gasteiger partial charge in [0.1, 0.15) is 0 Å². The van der Waals surface area contributed by atoms with Crippen molar-refractivity contribution in [3.63, 3.8) is 0 Å². The molecule has 0 saturated carbocycles. The smallest absolute Gasteiger partial charge is 0.0867 e. The summed E-state index contributed by atoms with van der Waals surface area (Å²) in [5.41, 5.74) is 10.0. The number of nitrogens with zero attached hydrogens (tertiary/aromatic N) is 1. The first kappa shape index (κ1) is 12.2. The quantitative estimate of drug-likeness (QED) is 0.764. The van der Waals surface area contributed by atoms with Crippen LogP contribution in [0.3, 0.4) is 0 Å². The van der Waals surface area contributed by atoms with Gasteiger partial charge in [0.15, 0.2) is 0 Å². The molecule has 0 spiro atoms. The molecule has 90 valence electrons. The van der Waals surface area contributed by atoms with Crippen LogP contribution >= 0.6 is 11.3 Å². The van der Waals surface area contributed by atoms with Crippen LogP contribution < -0.4 is 5.73 Å². The second kappa shape index (κ2) is 5.37. The predicted octanol–water partition coefficient (Wildman–Crippen LogP) is 1.29. The third-order valence-electron chi connectivity index (χ3n) is 2.59. The van der Waals surface area contributed by atoms with Gasteiger partial charge in [0.25, 0.3) is 0 Å². The molecule has 1 aromatic heterocycles. The van der Waals surface area contributed by atoms with Crippen molar-refractivity contribution in [1.82, 2.24) is 4.98 Å². The Kier molecular flexibility index (Phi) is 3.86. The van der Waals surface area contributed by atoms with Gasteiger partial charge in [-0.2, -0.15) is 0 Å². The van der Waals surface area contributed by atoms with Gasteiger partial charge in [-0.15, -0.1) is 11.3 Å². The van der Waals surface area contributed by atoms with Gasteiger partial charge in [-0.05, 0) is 11.1 Å². The molecule has 1 heterocycles. The maximum absolute atomic E-state index is 9.14. The van der Waals surface area contributed by atoms with E-state index in [0.29, 0.717) is 5.69 Å². The second-order valence-corrected chi connectivity index (χ2v) is 4.55. The van der Waals surface area contributed by atoms with Crippen molar-refractivity contribution in [1.29, 1.82) is 0 Å². The van der Waals surface area contributed by atoms with Crippen LogP contribution in [0.1, 0.15) is 17.3 Å². The average molecular weight is 250 g/mol. The lowest BCUT2D eigenvalue weighted by atomic mass is 10.0. The Labute approximate surface area is 103 Å². The molecule has 0 aliphatic carbocycles. The molecule has 0 bridgehead atoms. The highest BCUT2D eigenvalue weighted by Crippen LogP contribution is 2.28. The molecule has 4 nitrogen and oxygen atoms in total. The lowest BCUT2D eigenvalue weighted by Crippen LogP contribution is -2.14. The van der Waals surface area contributed by atoms with E-state index in [1.165, 1.54) is 11.3 Å². The zero-order valence-electron chi connectivity index (χ0n) is 9.21. The highest BCUT2D eigenvalue weighted by Gasteiger charge is 2.09. The van der Waals surface area contributed by atoms with Crippen molar-refractivity contribution >= 4 is 11.3 Å². The molecule has 0 amide bonds. The number of thiazole rings is 1. The SMILES string of the molecule is N[C@@H](CO)c1ccc(-c2scnc2CO)cc1. The maximum Gasteiger partial charge on any atom is 0.0867 e. The van der Waals surface area contributed by atoms with Crippen molar-refractivity contribution in [2.24, 2.45) is 5.73 Å². The Bertz CT molecular complexity index is 482. The van der Waals surface area contributed by atoms with Crippen LogP contribution in [0, 0.1) is 0 Å². The fourth-order valence-electron chi connectivity index (χ4n) is 1.60. The zero-order chi connectivity index (χ0) is 12.3. The first-order valence-electron chi connectivity index (χ1n) is 5.26. The monoisotopic (exact) mass is 250 g/mol. The number of rotatable bonds is 4. The molecule has 0 unspecified atom stereocenters. The summed E-state index contributed by atoms with van der Waals surface area (Å²) in [5, 5.41) is 18.1. The highest BCUT2D eigenvalue weighted by atomic mass is 32.1. The van der Waals surface area contributed by atoms with E-state index in [4.69, 9.17) is 15.9 Å². The summed E-state index contributed by atoms with van der Waals surface area (Å²) in [6.07, 6.45) is 0. The predicted molar refractivity (Wildman–Crippen MR) is 67.5 cm³/mol. The Morgan fingerprint density at radius 1 is 1.24 bits per heavy atom. The zero-order valence-corrected chi connectivity index (χ0v) is 10.0. The molecular weight excluding hydrogens is 236 g/mol. The van der Waals surface area contributed by atoms with E-state index in [1.54, 1.807) is 5.51 Å². The van der Waals surface area contributed by atoms with Gasteiger partial charge in [0.2, 0.25) is 0 Å². The largest absolute Gasteiger partial charge is 0.394 e. The van der Waals surface area contributed by atoms with Gasteiger partial charge in [-0.25, -0.2) is 4.98 Å². The van der Waals surface area contributed by atoms with Crippen LogP contribution in [0.2, 0.25) is 0 Å². The minimum Gasteiger partial charge on any atom is -0.394 e. The summed E-state index contributed by atoms with van der Waals surface area (Å²) >= 11 is 1.50. The summed E-state index contributed by atoms with van der Waals surface area (Å²) < 4.78 is 0. The van der Waals surface area contributed by atoms with E-state index >= 15 is 0 Å².